The van der Waals surface area contributed by atoms with E-state index in [9.17, 15) is 10.1 Å². The number of benzene rings is 1. The lowest BCUT2D eigenvalue weighted by Gasteiger charge is -2.12. The van der Waals surface area contributed by atoms with Crippen LogP contribution >= 0.6 is 24.0 Å². The molecule has 0 unspecified atom stereocenters. The summed E-state index contributed by atoms with van der Waals surface area (Å²) in [5, 5.41) is 24.5. The normalized spacial score (nSPS) is 10.8. The number of nitro groups is 1. The molecule has 0 aliphatic heterocycles. The van der Waals surface area contributed by atoms with Gasteiger partial charge in [-0.05, 0) is 19.1 Å². The molecule has 3 N–H and O–H groups in total. The van der Waals surface area contributed by atoms with Gasteiger partial charge in [0.2, 0.25) is 0 Å². The minimum atomic E-state index is -0.394. The minimum Gasteiger partial charge on any atom is -0.378 e. The van der Waals surface area contributed by atoms with Crippen LogP contribution in [0.3, 0.4) is 0 Å². The van der Waals surface area contributed by atoms with Crippen molar-refractivity contribution in [1.82, 2.24) is 20.4 Å². The van der Waals surface area contributed by atoms with Crippen LogP contribution < -0.4 is 16.0 Å². The van der Waals surface area contributed by atoms with Crippen molar-refractivity contribution in [2.24, 2.45) is 12.0 Å². The number of aromatic nitrogens is 2. The van der Waals surface area contributed by atoms with Crippen LogP contribution in [-0.4, -0.2) is 40.3 Å². The molecule has 0 saturated carbocycles. The Morgan fingerprint density at radius 3 is 2.69 bits per heavy atom. The first kappa shape index (κ1) is 21.7. The Balaban J connectivity index is 0.00000338. The molecule has 0 aliphatic rings. The average Bonchev–Trinajstić information content (AvgIpc) is 3.01. The fourth-order valence-corrected chi connectivity index (χ4v) is 2.22. The molecule has 0 radical (unpaired) electrons. The van der Waals surface area contributed by atoms with Gasteiger partial charge in [0.1, 0.15) is 5.69 Å². The van der Waals surface area contributed by atoms with E-state index in [1.165, 1.54) is 6.07 Å². The second-order valence-electron chi connectivity index (χ2n) is 5.27. The molecule has 0 saturated heterocycles. The zero-order chi connectivity index (χ0) is 18.1. The number of nitro benzene ring substituents is 1. The Kier molecular flexibility index (Phi) is 9.41. The maximum absolute atomic E-state index is 11.0. The second-order valence-corrected chi connectivity index (χ2v) is 5.27. The number of nitrogens with zero attached hydrogens (tertiary/aromatic N) is 4. The van der Waals surface area contributed by atoms with Gasteiger partial charge in [0.25, 0.3) is 5.69 Å². The van der Waals surface area contributed by atoms with Crippen molar-refractivity contribution in [1.29, 1.82) is 0 Å². The average molecular weight is 473 g/mol. The molecule has 0 bridgehead atoms. The van der Waals surface area contributed by atoms with Crippen molar-refractivity contribution in [2.45, 2.75) is 13.5 Å². The van der Waals surface area contributed by atoms with Gasteiger partial charge in [-0.25, -0.2) is 4.99 Å². The first-order valence-electron chi connectivity index (χ1n) is 8.08. The smallest absolute Gasteiger partial charge is 0.292 e. The maximum atomic E-state index is 11.0. The zero-order valence-electron chi connectivity index (χ0n) is 14.8. The number of aliphatic imine (C=N–C) groups is 1. The molecule has 1 aromatic heterocycles. The number of aryl methyl sites for hydroxylation is 1. The molecule has 1 heterocycles. The van der Waals surface area contributed by atoms with Gasteiger partial charge >= 0.3 is 0 Å². The fraction of sp³-hybridized carbons (Fsp3) is 0.375. The molecule has 2 aromatic rings. The summed E-state index contributed by atoms with van der Waals surface area (Å²) in [6, 6.07) is 8.51. The minimum absolute atomic E-state index is 0. The van der Waals surface area contributed by atoms with Crippen LogP contribution in [0.5, 0.6) is 0 Å². The van der Waals surface area contributed by atoms with E-state index in [2.05, 4.69) is 26.0 Å². The van der Waals surface area contributed by atoms with E-state index in [-0.39, 0.29) is 29.7 Å². The number of guanidine groups is 1. The van der Waals surface area contributed by atoms with E-state index in [0.29, 0.717) is 31.3 Å². The number of rotatable bonds is 8. The summed E-state index contributed by atoms with van der Waals surface area (Å²) in [6.07, 6.45) is 1.74. The Labute approximate surface area is 169 Å². The molecule has 26 heavy (non-hydrogen) atoms. The number of hydrogen-bond donors (Lipinski definition) is 3. The van der Waals surface area contributed by atoms with Gasteiger partial charge < -0.3 is 16.0 Å². The lowest BCUT2D eigenvalue weighted by atomic mass is 10.2. The lowest BCUT2D eigenvalue weighted by Crippen LogP contribution is -2.39. The van der Waals surface area contributed by atoms with E-state index < -0.39 is 4.92 Å². The monoisotopic (exact) mass is 473 g/mol. The summed E-state index contributed by atoms with van der Waals surface area (Å²) in [6.45, 7) is 4.36. The van der Waals surface area contributed by atoms with E-state index in [1.54, 1.807) is 29.1 Å². The van der Waals surface area contributed by atoms with Crippen molar-refractivity contribution in [3.63, 3.8) is 0 Å². The van der Waals surface area contributed by atoms with E-state index >= 15 is 0 Å². The Hall–Kier alpha value is -2.37. The van der Waals surface area contributed by atoms with Crippen LogP contribution in [0.25, 0.3) is 0 Å². The van der Waals surface area contributed by atoms with Crippen molar-refractivity contribution in [3.8, 4) is 0 Å². The van der Waals surface area contributed by atoms with Crippen LogP contribution in [0, 0.1) is 10.1 Å². The predicted octanol–water partition coefficient (Wildman–Crippen LogP) is 2.11. The number of para-hydroxylation sites is 2. The largest absolute Gasteiger partial charge is 0.378 e. The summed E-state index contributed by atoms with van der Waals surface area (Å²) in [5.41, 5.74) is 1.58. The molecular weight excluding hydrogens is 449 g/mol. The summed E-state index contributed by atoms with van der Waals surface area (Å²) in [4.78, 5) is 15.1. The van der Waals surface area contributed by atoms with E-state index in [1.807, 2.05) is 20.0 Å². The number of hydrogen-bond acceptors (Lipinski definition) is 5. The van der Waals surface area contributed by atoms with Crippen LogP contribution in [-0.2, 0) is 13.6 Å². The fourth-order valence-electron chi connectivity index (χ4n) is 2.22. The maximum Gasteiger partial charge on any atom is 0.292 e. The molecule has 2 rings (SSSR count). The third-order valence-electron chi connectivity index (χ3n) is 3.50. The molecule has 142 valence electrons. The highest BCUT2D eigenvalue weighted by molar-refractivity contribution is 14.0. The number of nitrogens with one attached hydrogen (secondary N) is 3. The van der Waals surface area contributed by atoms with Crippen molar-refractivity contribution >= 4 is 41.3 Å². The van der Waals surface area contributed by atoms with Gasteiger partial charge in [0.05, 0.1) is 17.2 Å². The highest BCUT2D eigenvalue weighted by Gasteiger charge is 2.11. The summed E-state index contributed by atoms with van der Waals surface area (Å²) in [5.74, 6) is 0.688. The van der Waals surface area contributed by atoms with Crippen LogP contribution in [0.1, 0.15) is 12.6 Å². The SMILES string of the molecule is CCNC(=NCc1ccnn1C)NCCNc1ccccc1[N+](=O)[O-].I. The van der Waals surface area contributed by atoms with Crippen molar-refractivity contribution < 1.29 is 4.92 Å². The van der Waals surface area contributed by atoms with Gasteiger partial charge in [-0.2, -0.15) is 5.10 Å². The van der Waals surface area contributed by atoms with Gasteiger partial charge in [0, 0.05) is 38.9 Å². The lowest BCUT2D eigenvalue weighted by molar-refractivity contribution is -0.384. The third-order valence-corrected chi connectivity index (χ3v) is 3.50. The van der Waals surface area contributed by atoms with Crippen LogP contribution in [0.2, 0.25) is 0 Å². The molecule has 10 heteroatoms. The first-order chi connectivity index (χ1) is 12.1. The molecule has 0 spiro atoms. The standard InChI is InChI=1S/C16H23N7O2.HI/c1-3-17-16(20-12-13-8-9-21-22(13)2)19-11-10-18-14-6-4-5-7-15(14)23(24)25;/h4-9,18H,3,10-12H2,1-2H3,(H2,17,19,20);1H. The van der Waals surface area contributed by atoms with Crippen molar-refractivity contribution in [3.05, 3.63) is 52.3 Å². The molecule has 0 fully saturated rings. The Morgan fingerprint density at radius 1 is 1.27 bits per heavy atom. The quantitative estimate of drug-likeness (QED) is 0.135. The molecule has 0 atom stereocenters. The van der Waals surface area contributed by atoms with Gasteiger partial charge in [0.15, 0.2) is 5.96 Å². The Bertz CT molecular complexity index is 733. The molecule has 9 nitrogen and oxygen atoms in total. The molecule has 1 aromatic carbocycles. The Morgan fingerprint density at radius 2 is 2.04 bits per heavy atom. The summed E-state index contributed by atoms with van der Waals surface area (Å²) in [7, 11) is 1.88. The van der Waals surface area contributed by atoms with Gasteiger partial charge in [-0.3, -0.25) is 14.8 Å². The molecular formula is C16H24IN7O2. The van der Waals surface area contributed by atoms with E-state index in [4.69, 9.17) is 0 Å². The third kappa shape index (κ3) is 6.50. The zero-order valence-corrected chi connectivity index (χ0v) is 17.1. The number of anilines is 1. The van der Waals surface area contributed by atoms with Crippen LogP contribution in [0.4, 0.5) is 11.4 Å². The highest BCUT2D eigenvalue weighted by atomic mass is 127. The van der Waals surface area contributed by atoms with Crippen molar-refractivity contribution in [2.75, 3.05) is 25.0 Å². The number of halogens is 1. The van der Waals surface area contributed by atoms with Gasteiger partial charge in [-0.15, -0.1) is 24.0 Å². The summed E-state index contributed by atoms with van der Waals surface area (Å²) >= 11 is 0. The predicted molar refractivity (Wildman–Crippen MR) is 113 cm³/mol. The van der Waals surface area contributed by atoms with Gasteiger partial charge in [-0.1, -0.05) is 12.1 Å². The topological polar surface area (TPSA) is 109 Å². The van der Waals surface area contributed by atoms with Crippen LogP contribution in [0.15, 0.2) is 41.5 Å². The highest BCUT2D eigenvalue weighted by Crippen LogP contribution is 2.22. The second kappa shape index (κ2) is 11.3. The van der Waals surface area contributed by atoms with E-state index in [0.717, 1.165) is 12.2 Å². The molecule has 0 aliphatic carbocycles. The summed E-state index contributed by atoms with van der Waals surface area (Å²) < 4.78 is 1.78. The first-order valence-corrected chi connectivity index (χ1v) is 8.08. The molecule has 0 amide bonds.